The maximum absolute atomic E-state index is 9.53. The number of piperazine rings is 1. The smallest absolute Gasteiger partial charge is 0.115 e. The minimum Gasteiger partial charge on any atom is -0.508 e. The van der Waals surface area contributed by atoms with E-state index in [1.807, 2.05) is 24.3 Å². The molecule has 3 rings (SSSR count). The van der Waals surface area contributed by atoms with Crippen molar-refractivity contribution in [3.63, 3.8) is 0 Å². The number of nitrogens with two attached hydrogens (primary N) is 1. The van der Waals surface area contributed by atoms with Crippen LogP contribution in [0.5, 0.6) is 5.75 Å². The second-order valence-electron chi connectivity index (χ2n) is 5.97. The van der Waals surface area contributed by atoms with Crippen LogP contribution in [-0.4, -0.2) is 41.1 Å². The van der Waals surface area contributed by atoms with Crippen molar-refractivity contribution in [1.29, 1.82) is 0 Å². The summed E-state index contributed by atoms with van der Waals surface area (Å²) in [5.74, 6) is 0.345. The summed E-state index contributed by atoms with van der Waals surface area (Å²) in [6.07, 6.45) is 0. The molecule has 0 saturated carbocycles. The number of benzene rings is 2. The lowest BCUT2D eigenvalue weighted by Gasteiger charge is -2.34. The molecule has 4 nitrogen and oxygen atoms in total. The Kier molecular flexibility index (Phi) is 8.36. The lowest BCUT2D eigenvalue weighted by Crippen LogP contribution is -2.45. The number of hydrogen-bond acceptors (Lipinski definition) is 4. The van der Waals surface area contributed by atoms with Crippen molar-refractivity contribution in [3.8, 4) is 5.75 Å². The average molecular weight is 370 g/mol. The van der Waals surface area contributed by atoms with E-state index in [2.05, 4.69) is 28.0 Å². The number of aromatic hydroxyl groups is 1. The minimum absolute atomic E-state index is 0. The van der Waals surface area contributed by atoms with E-state index in [0.29, 0.717) is 5.75 Å². The Balaban J connectivity index is 0.00000144. The van der Waals surface area contributed by atoms with Crippen LogP contribution in [0.2, 0.25) is 0 Å². The molecule has 2 aromatic rings. The quantitative estimate of drug-likeness (QED) is 0.812. The van der Waals surface area contributed by atoms with Crippen molar-refractivity contribution in [2.75, 3.05) is 31.9 Å². The summed E-state index contributed by atoms with van der Waals surface area (Å²) in [4.78, 5) is 4.90. The Bertz CT molecular complexity index is 576. The van der Waals surface area contributed by atoms with E-state index in [1.54, 1.807) is 6.07 Å². The molecule has 1 saturated heterocycles. The minimum atomic E-state index is 0. The van der Waals surface area contributed by atoms with E-state index in [4.69, 9.17) is 5.73 Å². The summed E-state index contributed by atoms with van der Waals surface area (Å²) in [6.45, 7) is 6.10. The molecule has 0 radical (unpaired) electrons. The van der Waals surface area contributed by atoms with Gasteiger partial charge < -0.3 is 10.8 Å². The fourth-order valence-corrected chi connectivity index (χ4v) is 2.97. The molecule has 3 N–H and O–H groups in total. The molecule has 1 aliphatic rings. The van der Waals surface area contributed by atoms with Crippen LogP contribution in [0.15, 0.2) is 48.5 Å². The molecule has 1 aliphatic heterocycles. The van der Waals surface area contributed by atoms with Crippen LogP contribution in [0.3, 0.4) is 0 Å². The van der Waals surface area contributed by atoms with Gasteiger partial charge in [0, 0.05) is 45.0 Å². The van der Waals surface area contributed by atoms with E-state index in [1.165, 1.54) is 11.1 Å². The van der Waals surface area contributed by atoms with E-state index < -0.39 is 0 Å². The van der Waals surface area contributed by atoms with Gasteiger partial charge in [0.15, 0.2) is 0 Å². The van der Waals surface area contributed by atoms with Gasteiger partial charge in [-0.25, -0.2) is 0 Å². The molecule has 0 aromatic heterocycles. The molecular formula is C18H25Cl2N3O. The van der Waals surface area contributed by atoms with Gasteiger partial charge in [0.2, 0.25) is 0 Å². The standard InChI is InChI=1S/C18H23N3O.2ClH/c19-17-5-1-3-15(11-17)13-20-7-9-21(10-8-20)14-16-4-2-6-18(22)12-16;;/h1-6,11-12,22H,7-10,13-14,19H2;2*1H. The van der Waals surface area contributed by atoms with Crippen molar-refractivity contribution in [2.45, 2.75) is 13.1 Å². The van der Waals surface area contributed by atoms with E-state index in [9.17, 15) is 5.11 Å². The summed E-state index contributed by atoms with van der Waals surface area (Å²) in [5.41, 5.74) is 9.12. The van der Waals surface area contributed by atoms with Gasteiger partial charge in [0.25, 0.3) is 0 Å². The highest BCUT2D eigenvalue weighted by Crippen LogP contribution is 2.15. The normalized spacial score (nSPS) is 15.3. The zero-order valence-corrected chi connectivity index (χ0v) is 15.2. The molecule has 1 fully saturated rings. The molecule has 6 heteroatoms. The summed E-state index contributed by atoms with van der Waals surface area (Å²) >= 11 is 0. The SMILES string of the molecule is Cl.Cl.Nc1cccc(CN2CCN(Cc3cccc(O)c3)CC2)c1. The fourth-order valence-electron chi connectivity index (χ4n) is 2.97. The van der Waals surface area contributed by atoms with Crippen LogP contribution >= 0.6 is 24.8 Å². The van der Waals surface area contributed by atoms with Crippen LogP contribution in [0.1, 0.15) is 11.1 Å². The highest BCUT2D eigenvalue weighted by atomic mass is 35.5. The molecule has 24 heavy (non-hydrogen) atoms. The lowest BCUT2D eigenvalue weighted by molar-refractivity contribution is 0.122. The lowest BCUT2D eigenvalue weighted by atomic mass is 10.1. The molecular weight excluding hydrogens is 345 g/mol. The maximum atomic E-state index is 9.53. The number of halogens is 2. The first-order chi connectivity index (χ1) is 10.7. The number of anilines is 1. The third-order valence-corrected chi connectivity index (χ3v) is 4.14. The van der Waals surface area contributed by atoms with E-state index in [-0.39, 0.29) is 24.8 Å². The number of phenols is 1. The summed E-state index contributed by atoms with van der Waals surface area (Å²) < 4.78 is 0. The van der Waals surface area contributed by atoms with Crippen LogP contribution in [-0.2, 0) is 13.1 Å². The Morgan fingerprint density at radius 1 is 0.792 bits per heavy atom. The van der Waals surface area contributed by atoms with Crippen LogP contribution in [0, 0.1) is 0 Å². The Hall–Kier alpha value is -1.46. The average Bonchev–Trinajstić information content (AvgIpc) is 2.49. The van der Waals surface area contributed by atoms with Gasteiger partial charge in [-0.1, -0.05) is 24.3 Å². The second-order valence-corrected chi connectivity index (χ2v) is 5.97. The van der Waals surface area contributed by atoms with Gasteiger partial charge >= 0.3 is 0 Å². The van der Waals surface area contributed by atoms with Gasteiger partial charge in [-0.3, -0.25) is 9.80 Å². The van der Waals surface area contributed by atoms with Crippen molar-refractivity contribution >= 4 is 30.5 Å². The van der Waals surface area contributed by atoms with Gasteiger partial charge in [0.1, 0.15) is 5.75 Å². The van der Waals surface area contributed by atoms with Crippen molar-refractivity contribution < 1.29 is 5.11 Å². The molecule has 0 spiro atoms. The Morgan fingerprint density at radius 3 is 1.79 bits per heavy atom. The molecule has 0 aliphatic carbocycles. The molecule has 132 valence electrons. The van der Waals surface area contributed by atoms with Crippen LogP contribution in [0.25, 0.3) is 0 Å². The first kappa shape index (κ1) is 20.6. The number of rotatable bonds is 4. The monoisotopic (exact) mass is 369 g/mol. The predicted molar refractivity (Wildman–Crippen MR) is 104 cm³/mol. The molecule has 0 bridgehead atoms. The van der Waals surface area contributed by atoms with Crippen molar-refractivity contribution in [1.82, 2.24) is 9.80 Å². The first-order valence-electron chi connectivity index (χ1n) is 7.76. The third kappa shape index (κ3) is 5.87. The number of hydrogen-bond donors (Lipinski definition) is 2. The van der Waals surface area contributed by atoms with Crippen molar-refractivity contribution in [2.24, 2.45) is 0 Å². The van der Waals surface area contributed by atoms with Gasteiger partial charge in [-0.2, -0.15) is 0 Å². The van der Waals surface area contributed by atoms with Gasteiger partial charge in [0.05, 0.1) is 0 Å². The number of nitrogen functional groups attached to an aromatic ring is 1. The summed E-state index contributed by atoms with van der Waals surface area (Å²) in [6, 6.07) is 15.7. The molecule has 0 atom stereocenters. The zero-order chi connectivity index (χ0) is 15.4. The topological polar surface area (TPSA) is 52.7 Å². The maximum Gasteiger partial charge on any atom is 0.115 e. The molecule has 1 heterocycles. The van der Waals surface area contributed by atoms with Crippen LogP contribution < -0.4 is 5.73 Å². The summed E-state index contributed by atoms with van der Waals surface area (Å²) in [7, 11) is 0. The number of nitrogens with zero attached hydrogens (tertiary/aromatic N) is 2. The molecule has 2 aromatic carbocycles. The van der Waals surface area contributed by atoms with Gasteiger partial charge in [-0.05, 0) is 35.4 Å². The predicted octanol–water partition coefficient (Wildman–Crippen LogP) is 3.14. The van der Waals surface area contributed by atoms with E-state index in [0.717, 1.165) is 45.0 Å². The molecule has 0 unspecified atom stereocenters. The highest BCUT2D eigenvalue weighted by molar-refractivity contribution is 5.85. The Labute approximate surface area is 156 Å². The Morgan fingerprint density at radius 2 is 1.29 bits per heavy atom. The second kappa shape index (κ2) is 9.74. The molecule has 0 amide bonds. The third-order valence-electron chi connectivity index (χ3n) is 4.14. The fraction of sp³-hybridized carbons (Fsp3) is 0.333. The van der Waals surface area contributed by atoms with Gasteiger partial charge in [-0.15, -0.1) is 24.8 Å². The van der Waals surface area contributed by atoms with E-state index >= 15 is 0 Å². The highest BCUT2D eigenvalue weighted by Gasteiger charge is 2.17. The number of phenolic OH excluding ortho intramolecular Hbond substituents is 1. The van der Waals surface area contributed by atoms with Crippen molar-refractivity contribution in [3.05, 3.63) is 59.7 Å². The summed E-state index contributed by atoms with van der Waals surface area (Å²) in [5, 5.41) is 9.53. The zero-order valence-electron chi connectivity index (χ0n) is 13.6. The first-order valence-corrected chi connectivity index (χ1v) is 7.76. The van der Waals surface area contributed by atoms with Crippen LogP contribution in [0.4, 0.5) is 5.69 Å². The largest absolute Gasteiger partial charge is 0.508 e.